The van der Waals surface area contributed by atoms with Gasteiger partial charge in [-0.1, -0.05) is 6.07 Å². The van der Waals surface area contributed by atoms with Crippen molar-refractivity contribution in [3.63, 3.8) is 0 Å². The lowest BCUT2D eigenvalue weighted by Gasteiger charge is -2.11. The minimum absolute atomic E-state index is 0.316. The maximum Gasteiger partial charge on any atom is 0.339 e. The molecule has 2 fully saturated rings. The second-order valence-electron chi connectivity index (χ2n) is 6.47. The second kappa shape index (κ2) is 4.11. The molecular formula is C17H18O3. The van der Waals surface area contributed by atoms with Crippen molar-refractivity contribution in [2.75, 3.05) is 0 Å². The first-order valence-corrected chi connectivity index (χ1v) is 7.37. The first-order chi connectivity index (χ1) is 9.61. The normalized spacial score (nSPS) is 27.8. The third kappa shape index (κ3) is 1.84. The van der Waals surface area contributed by atoms with Crippen molar-refractivity contribution < 1.29 is 14.3 Å². The fourth-order valence-electron chi connectivity index (χ4n) is 4.00. The van der Waals surface area contributed by atoms with Gasteiger partial charge in [0.15, 0.2) is 0 Å². The monoisotopic (exact) mass is 270 g/mol. The third-order valence-corrected chi connectivity index (χ3v) is 5.01. The number of benzene rings is 1. The quantitative estimate of drug-likeness (QED) is 0.916. The van der Waals surface area contributed by atoms with Gasteiger partial charge in [0, 0.05) is 5.39 Å². The molecule has 2 aliphatic rings. The standard InChI is InChI=1S/C17H18O3/c1-9-16(17(18)19)14-7-10(2-3-15(14)20-9)4-11-5-12-8-13(12)6-11/h2-3,7,11-13H,4-6,8H2,1H3,(H,18,19). The lowest BCUT2D eigenvalue weighted by Crippen LogP contribution is -2.02. The zero-order valence-corrected chi connectivity index (χ0v) is 11.6. The van der Waals surface area contributed by atoms with Gasteiger partial charge >= 0.3 is 5.97 Å². The van der Waals surface area contributed by atoms with E-state index in [9.17, 15) is 9.90 Å². The van der Waals surface area contributed by atoms with Gasteiger partial charge in [-0.25, -0.2) is 4.79 Å². The number of hydrogen-bond acceptors (Lipinski definition) is 2. The molecule has 0 bridgehead atoms. The summed E-state index contributed by atoms with van der Waals surface area (Å²) < 4.78 is 5.53. The largest absolute Gasteiger partial charge is 0.478 e. The Labute approximate surface area is 117 Å². The first kappa shape index (κ1) is 12.0. The Hall–Kier alpha value is -1.77. The number of carboxylic acid groups (broad SMARTS) is 1. The van der Waals surface area contributed by atoms with Crippen LogP contribution in [-0.4, -0.2) is 11.1 Å². The molecule has 0 amide bonds. The Kier molecular flexibility index (Phi) is 2.47. The molecule has 4 rings (SSSR count). The number of fused-ring (bicyclic) bond motifs is 2. The van der Waals surface area contributed by atoms with E-state index in [-0.39, 0.29) is 0 Å². The molecule has 0 spiro atoms. The minimum atomic E-state index is -0.902. The number of aromatic carboxylic acids is 1. The summed E-state index contributed by atoms with van der Waals surface area (Å²) in [7, 11) is 0. The Morgan fingerprint density at radius 1 is 1.30 bits per heavy atom. The van der Waals surface area contributed by atoms with Crippen molar-refractivity contribution >= 4 is 16.9 Å². The third-order valence-electron chi connectivity index (χ3n) is 5.01. The summed E-state index contributed by atoms with van der Waals surface area (Å²) in [4.78, 5) is 11.3. The molecule has 1 aromatic carbocycles. The summed E-state index contributed by atoms with van der Waals surface area (Å²) in [5.41, 5.74) is 2.24. The fourth-order valence-corrected chi connectivity index (χ4v) is 4.00. The van der Waals surface area contributed by atoms with Gasteiger partial charge in [-0.05, 0) is 68.1 Å². The van der Waals surface area contributed by atoms with Gasteiger partial charge in [0.05, 0.1) is 0 Å². The van der Waals surface area contributed by atoms with E-state index in [0.29, 0.717) is 16.9 Å². The lowest BCUT2D eigenvalue weighted by atomic mass is 9.94. The van der Waals surface area contributed by atoms with Crippen LogP contribution in [0.2, 0.25) is 0 Å². The van der Waals surface area contributed by atoms with Crippen molar-refractivity contribution in [1.82, 2.24) is 0 Å². The van der Waals surface area contributed by atoms with E-state index in [2.05, 4.69) is 6.07 Å². The molecule has 2 aromatic rings. The maximum atomic E-state index is 11.3. The molecule has 2 saturated carbocycles. The van der Waals surface area contributed by atoms with Crippen LogP contribution in [0.25, 0.3) is 11.0 Å². The van der Waals surface area contributed by atoms with Gasteiger partial charge in [0.25, 0.3) is 0 Å². The van der Waals surface area contributed by atoms with E-state index in [1.807, 2.05) is 12.1 Å². The van der Waals surface area contributed by atoms with Crippen LogP contribution < -0.4 is 0 Å². The molecule has 1 N–H and O–H groups in total. The highest BCUT2D eigenvalue weighted by Gasteiger charge is 2.45. The van der Waals surface area contributed by atoms with Crippen LogP contribution in [0.15, 0.2) is 22.6 Å². The van der Waals surface area contributed by atoms with Crippen LogP contribution in [0.4, 0.5) is 0 Å². The van der Waals surface area contributed by atoms with E-state index in [4.69, 9.17) is 4.42 Å². The molecule has 2 atom stereocenters. The topological polar surface area (TPSA) is 50.4 Å². The summed E-state index contributed by atoms with van der Waals surface area (Å²) >= 11 is 0. The average Bonchev–Trinajstić information content (AvgIpc) is 2.86. The Morgan fingerprint density at radius 2 is 2.05 bits per heavy atom. The minimum Gasteiger partial charge on any atom is -0.478 e. The van der Waals surface area contributed by atoms with E-state index < -0.39 is 5.97 Å². The molecule has 104 valence electrons. The molecule has 3 nitrogen and oxygen atoms in total. The second-order valence-corrected chi connectivity index (χ2v) is 6.47. The van der Waals surface area contributed by atoms with Crippen molar-refractivity contribution in [2.24, 2.45) is 17.8 Å². The van der Waals surface area contributed by atoms with Crippen molar-refractivity contribution in [3.8, 4) is 0 Å². The number of rotatable bonds is 3. The molecule has 3 heteroatoms. The molecule has 1 heterocycles. The lowest BCUT2D eigenvalue weighted by molar-refractivity contribution is 0.0697. The van der Waals surface area contributed by atoms with E-state index in [0.717, 1.165) is 29.6 Å². The zero-order valence-electron chi connectivity index (χ0n) is 11.6. The maximum absolute atomic E-state index is 11.3. The van der Waals surface area contributed by atoms with Crippen LogP contribution >= 0.6 is 0 Å². The van der Waals surface area contributed by atoms with Crippen LogP contribution in [0, 0.1) is 24.7 Å². The highest BCUT2D eigenvalue weighted by Crippen LogP contribution is 2.55. The van der Waals surface area contributed by atoms with Crippen LogP contribution in [-0.2, 0) is 6.42 Å². The van der Waals surface area contributed by atoms with Crippen molar-refractivity contribution in [2.45, 2.75) is 32.6 Å². The van der Waals surface area contributed by atoms with Gasteiger partial charge in [-0.2, -0.15) is 0 Å². The molecule has 0 saturated heterocycles. The molecule has 2 unspecified atom stereocenters. The number of hydrogen-bond donors (Lipinski definition) is 1. The predicted molar refractivity (Wildman–Crippen MR) is 75.9 cm³/mol. The Morgan fingerprint density at radius 3 is 2.75 bits per heavy atom. The van der Waals surface area contributed by atoms with Crippen molar-refractivity contribution in [3.05, 3.63) is 35.1 Å². The molecule has 2 aliphatic carbocycles. The summed E-state index contributed by atoms with van der Waals surface area (Å²) in [5.74, 6) is 2.37. The molecule has 20 heavy (non-hydrogen) atoms. The predicted octanol–water partition coefficient (Wildman–Crippen LogP) is 4.03. The Balaban J connectivity index is 1.66. The SMILES string of the molecule is Cc1oc2ccc(CC3CC4CC4C3)cc2c1C(=O)O. The fraction of sp³-hybridized carbons (Fsp3) is 0.471. The highest BCUT2D eigenvalue weighted by atomic mass is 16.4. The number of furan rings is 1. The highest BCUT2D eigenvalue weighted by molar-refractivity contribution is 6.03. The summed E-state index contributed by atoms with van der Waals surface area (Å²) in [6.07, 6.45) is 5.24. The van der Waals surface area contributed by atoms with Gasteiger partial charge < -0.3 is 9.52 Å². The van der Waals surface area contributed by atoms with Crippen LogP contribution in [0.3, 0.4) is 0 Å². The van der Waals surface area contributed by atoms with Gasteiger partial charge in [0.2, 0.25) is 0 Å². The molecule has 0 radical (unpaired) electrons. The van der Waals surface area contributed by atoms with E-state index >= 15 is 0 Å². The number of aryl methyl sites for hydroxylation is 1. The van der Waals surface area contributed by atoms with Crippen molar-refractivity contribution in [1.29, 1.82) is 0 Å². The van der Waals surface area contributed by atoms with E-state index in [1.165, 1.54) is 24.8 Å². The van der Waals surface area contributed by atoms with E-state index in [1.54, 1.807) is 6.92 Å². The zero-order chi connectivity index (χ0) is 13.9. The van der Waals surface area contributed by atoms with Crippen LogP contribution in [0.1, 0.15) is 40.9 Å². The Bertz CT molecular complexity index is 688. The summed E-state index contributed by atoms with van der Waals surface area (Å²) in [5, 5.41) is 10.1. The van der Waals surface area contributed by atoms with Gasteiger partial charge in [0.1, 0.15) is 16.9 Å². The number of carboxylic acids is 1. The number of carbonyl (C=O) groups is 1. The first-order valence-electron chi connectivity index (χ1n) is 7.37. The molecular weight excluding hydrogens is 252 g/mol. The average molecular weight is 270 g/mol. The van der Waals surface area contributed by atoms with Gasteiger partial charge in [-0.15, -0.1) is 0 Å². The smallest absolute Gasteiger partial charge is 0.339 e. The summed E-state index contributed by atoms with van der Waals surface area (Å²) in [6.45, 7) is 1.72. The summed E-state index contributed by atoms with van der Waals surface area (Å²) in [6, 6.07) is 6.01. The van der Waals surface area contributed by atoms with Gasteiger partial charge in [-0.3, -0.25) is 0 Å². The van der Waals surface area contributed by atoms with Crippen LogP contribution in [0.5, 0.6) is 0 Å². The molecule has 0 aliphatic heterocycles. The molecule has 1 aromatic heterocycles.